The Balaban J connectivity index is 1.35. The highest BCUT2D eigenvalue weighted by Crippen LogP contribution is 2.43. The van der Waals surface area contributed by atoms with E-state index >= 15 is 0 Å². The molecule has 0 aliphatic carbocycles. The summed E-state index contributed by atoms with van der Waals surface area (Å²) in [6.07, 6.45) is 1.19. The molecule has 0 saturated heterocycles. The Labute approximate surface area is 274 Å². The molecule has 8 bridgehead atoms. The van der Waals surface area contributed by atoms with Crippen LogP contribution in [0.25, 0.3) is 32.8 Å². The zero-order valence-electron chi connectivity index (χ0n) is 25.2. The first-order valence-electron chi connectivity index (χ1n) is 14.8. The number of carboxylic acid groups (broad SMARTS) is 1. The van der Waals surface area contributed by atoms with Gasteiger partial charge in [-0.05, 0) is 55.0 Å². The van der Waals surface area contributed by atoms with E-state index in [1.165, 1.54) is 0 Å². The molecule has 0 radical (unpaired) electrons. The predicted molar refractivity (Wildman–Crippen MR) is 183 cm³/mol. The minimum Gasteiger partial charge on any atom is -0.493 e. The molecule has 4 heterocycles. The van der Waals surface area contributed by atoms with Crippen LogP contribution in [0, 0.1) is 6.92 Å². The summed E-state index contributed by atoms with van der Waals surface area (Å²) < 4.78 is 10.1. The lowest BCUT2D eigenvalue weighted by Gasteiger charge is -2.12. The maximum absolute atomic E-state index is 12.7. The normalized spacial score (nSPS) is 14.3. The van der Waals surface area contributed by atoms with Gasteiger partial charge in [0.25, 0.3) is 0 Å². The smallest absolute Gasteiger partial charge is 0.352 e. The average molecular weight is 658 g/mol. The SMILES string of the molecule is Cc1c2c(nn1C)CSCc1cc([nH]n1)CSc1cc(c3ccccc3c1)OCCCc1c(C(=O)O)n(C)c3c-2c(Cl)ccc13. The van der Waals surface area contributed by atoms with Gasteiger partial charge in [0, 0.05) is 69.5 Å². The van der Waals surface area contributed by atoms with Crippen molar-refractivity contribution in [2.75, 3.05) is 6.61 Å². The fourth-order valence-electron chi connectivity index (χ4n) is 6.32. The van der Waals surface area contributed by atoms with E-state index in [1.807, 2.05) is 50.0 Å². The summed E-state index contributed by atoms with van der Waals surface area (Å²) in [4.78, 5) is 13.8. The van der Waals surface area contributed by atoms with Crippen LogP contribution in [-0.2, 0) is 37.8 Å². The maximum atomic E-state index is 12.7. The zero-order chi connectivity index (χ0) is 31.2. The van der Waals surface area contributed by atoms with Gasteiger partial charge in [-0.3, -0.25) is 9.78 Å². The van der Waals surface area contributed by atoms with Gasteiger partial charge < -0.3 is 14.4 Å². The van der Waals surface area contributed by atoms with E-state index in [9.17, 15) is 9.90 Å². The van der Waals surface area contributed by atoms with E-state index < -0.39 is 5.97 Å². The van der Waals surface area contributed by atoms with Crippen LogP contribution in [0.1, 0.15) is 45.2 Å². The maximum Gasteiger partial charge on any atom is 0.352 e. The highest BCUT2D eigenvalue weighted by atomic mass is 35.5. The first-order valence-corrected chi connectivity index (χ1v) is 17.3. The van der Waals surface area contributed by atoms with E-state index in [0.29, 0.717) is 30.2 Å². The molecule has 11 heteroatoms. The quantitative estimate of drug-likeness (QED) is 0.184. The number of nitrogens with one attached hydrogen (secondary N) is 1. The van der Waals surface area contributed by atoms with Crippen LogP contribution in [0.15, 0.2) is 59.5 Å². The number of thioether (sulfide) groups is 2. The molecule has 7 rings (SSSR count). The number of aromatic amines is 1. The third-order valence-electron chi connectivity index (χ3n) is 8.46. The minimum atomic E-state index is -0.964. The predicted octanol–water partition coefficient (Wildman–Crippen LogP) is 8.17. The number of hydrogen-bond donors (Lipinski definition) is 2. The number of carboxylic acids is 1. The number of carbonyl (C=O) groups is 1. The summed E-state index contributed by atoms with van der Waals surface area (Å²) in [6.45, 7) is 2.48. The van der Waals surface area contributed by atoms with Crippen molar-refractivity contribution in [3.05, 3.63) is 93.7 Å². The number of rotatable bonds is 1. The molecule has 0 spiro atoms. The van der Waals surface area contributed by atoms with E-state index in [-0.39, 0.29) is 5.69 Å². The van der Waals surface area contributed by atoms with Crippen LogP contribution in [0.5, 0.6) is 5.75 Å². The van der Waals surface area contributed by atoms with Crippen molar-refractivity contribution in [3.8, 4) is 16.9 Å². The molecule has 0 fully saturated rings. The van der Waals surface area contributed by atoms with Gasteiger partial charge in [-0.1, -0.05) is 41.9 Å². The van der Waals surface area contributed by atoms with Crippen molar-refractivity contribution < 1.29 is 14.6 Å². The van der Waals surface area contributed by atoms with E-state index in [1.54, 1.807) is 28.1 Å². The van der Waals surface area contributed by atoms with Gasteiger partial charge in [0.05, 0.1) is 28.5 Å². The second-order valence-corrected chi connectivity index (χ2v) is 13.7. The highest BCUT2D eigenvalue weighted by molar-refractivity contribution is 7.98. The molecule has 45 heavy (non-hydrogen) atoms. The van der Waals surface area contributed by atoms with Crippen LogP contribution in [0.3, 0.4) is 0 Å². The Hall–Kier alpha value is -3.86. The molecule has 1 aliphatic heterocycles. The monoisotopic (exact) mass is 657 g/mol. The number of benzene rings is 3. The summed E-state index contributed by atoms with van der Waals surface area (Å²) in [7, 11) is 3.75. The number of aromatic nitrogens is 5. The molecule has 6 aromatic rings. The minimum absolute atomic E-state index is 0.270. The van der Waals surface area contributed by atoms with Crippen molar-refractivity contribution >= 4 is 62.8 Å². The zero-order valence-corrected chi connectivity index (χ0v) is 27.6. The van der Waals surface area contributed by atoms with Crippen LogP contribution in [0.4, 0.5) is 0 Å². The molecule has 1 aliphatic rings. The Morgan fingerprint density at radius 3 is 2.73 bits per heavy atom. The number of ether oxygens (including phenoxy) is 1. The molecule has 3 aromatic carbocycles. The van der Waals surface area contributed by atoms with Crippen molar-refractivity contribution in [1.82, 2.24) is 24.5 Å². The lowest BCUT2D eigenvalue weighted by molar-refractivity contribution is 0.0685. The summed E-state index contributed by atoms with van der Waals surface area (Å²) in [5.74, 6) is 2.00. The lowest BCUT2D eigenvalue weighted by Crippen LogP contribution is -2.09. The summed E-state index contributed by atoms with van der Waals surface area (Å²) in [5, 5.41) is 26.7. The number of halogens is 1. The van der Waals surface area contributed by atoms with Gasteiger partial charge in [0.1, 0.15) is 11.4 Å². The first-order chi connectivity index (χ1) is 21.8. The van der Waals surface area contributed by atoms with Crippen molar-refractivity contribution in [2.24, 2.45) is 14.1 Å². The fourth-order valence-corrected chi connectivity index (χ4v) is 8.29. The Bertz CT molecular complexity index is 2100. The molecule has 0 saturated carbocycles. The van der Waals surface area contributed by atoms with Gasteiger partial charge >= 0.3 is 5.97 Å². The first kappa shape index (κ1) is 29.8. The standard InChI is InChI=1S/C34H32ClN5O3S2/c1-19-30-28(38-40(19)3)18-44-16-21-14-22(37-36-21)17-45-23-13-20-7-4-5-8-24(20)29(15-23)43-12-6-9-25-26-10-11-27(35)31(30)32(26)39(2)33(25)34(41)42/h4-5,7-8,10-11,13-15H,6,9,12,16-18H2,1-3H3,(H,36,37)(H,41,42). The van der Waals surface area contributed by atoms with E-state index in [4.69, 9.17) is 21.4 Å². The van der Waals surface area contributed by atoms with Crippen molar-refractivity contribution in [1.29, 1.82) is 0 Å². The van der Waals surface area contributed by atoms with Gasteiger partial charge in [-0.25, -0.2) is 4.79 Å². The summed E-state index contributed by atoms with van der Waals surface area (Å²) in [6, 6.07) is 18.5. The Morgan fingerprint density at radius 1 is 1.04 bits per heavy atom. The number of nitrogens with zero attached hydrogens (tertiary/aromatic N) is 4. The number of fused-ring (bicyclic) bond motifs is 8. The molecule has 2 N–H and O–H groups in total. The second kappa shape index (κ2) is 12.2. The van der Waals surface area contributed by atoms with Gasteiger partial charge in [0.2, 0.25) is 0 Å². The fraction of sp³-hybridized carbons (Fsp3) is 0.265. The van der Waals surface area contributed by atoms with Crippen LogP contribution >= 0.6 is 35.1 Å². The van der Waals surface area contributed by atoms with Crippen LogP contribution < -0.4 is 4.74 Å². The van der Waals surface area contributed by atoms with Crippen molar-refractivity contribution in [3.63, 3.8) is 0 Å². The molecule has 0 unspecified atom stereocenters. The third kappa shape index (κ3) is 5.49. The molecular formula is C34H32ClN5O3S2. The van der Waals surface area contributed by atoms with Crippen LogP contribution in [-0.4, -0.2) is 42.2 Å². The molecule has 8 nitrogen and oxygen atoms in total. The van der Waals surface area contributed by atoms with Gasteiger partial charge in [-0.15, -0.1) is 23.5 Å². The third-order valence-corrected chi connectivity index (χ3v) is 10.8. The van der Waals surface area contributed by atoms with Gasteiger partial charge in [0.15, 0.2) is 0 Å². The average Bonchev–Trinajstić information content (AvgIpc) is 3.68. The largest absolute Gasteiger partial charge is 0.493 e. The number of aromatic carboxylic acids is 1. The molecular weight excluding hydrogens is 626 g/mol. The van der Waals surface area contributed by atoms with Crippen molar-refractivity contribution in [2.45, 2.75) is 41.9 Å². The second-order valence-electron chi connectivity index (χ2n) is 11.3. The number of aryl methyl sites for hydroxylation is 3. The highest BCUT2D eigenvalue weighted by Gasteiger charge is 2.27. The Morgan fingerprint density at radius 2 is 1.89 bits per heavy atom. The lowest BCUT2D eigenvalue weighted by atomic mass is 9.98. The molecule has 230 valence electrons. The summed E-state index contributed by atoms with van der Waals surface area (Å²) in [5.41, 5.74) is 7.55. The van der Waals surface area contributed by atoms with Crippen LogP contribution in [0.2, 0.25) is 5.02 Å². The number of H-pyrrole nitrogens is 1. The van der Waals surface area contributed by atoms with Gasteiger partial charge in [-0.2, -0.15) is 10.2 Å². The van der Waals surface area contributed by atoms with E-state index in [2.05, 4.69) is 40.5 Å². The Kier molecular flexibility index (Phi) is 8.05. The molecule has 3 aromatic heterocycles. The summed E-state index contributed by atoms with van der Waals surface area (Å²) >= 11 is 10.4. The molecule has 0 atom stereocenters. The topological polar surface area (TPSA) is 98.0 Å². The molecule has 0 amide bonds. The number of hydrogen-bond acceptors (Lipinski definition) is 6. The van der Waals surface area contributed by atoms with E-state index in [0.717, 1.165) is 83.3 Å².